The maximum absolute atomic E-state index is 12.5. The van der Waals surface area contributed by atoms with Gasteiger partial charge in [0.2, 0.25) is 6.54 Å². The number of ketones is 1. The smallest absolute Gasteiger partial charge is 0.290 e. The van der Waals surface area contributed by atoms with Crippen LogP contribution in [-0.4, -0.2) is 11.7 Å². The molecule has 0 aliphatic heterocycles. The predicted octanol–water partition coefficient (Wildman–Crippen LogP) is 4.00. The van der Waals surface area contributed by atoms with Gasteiger partial charge in [0.05, 0.1) is 0 Å². The lowest BCUT2D eigenvalue weighted by molar-refractivity contribution is -0.684. The Kier molecular flexibility index (Phi) is 4.93. The number of nitrogens with one attached hydrogen (secondary N) is 1. The van der Waals surface area contributed by atoms with Crippen LogP contribution in [0.1, 0.15) is 15.9 Å². The summed E-state index contributed by atoms with van der Waals surface area (Å²) in [6, 6.07) is 26.4. The average molecular weight is 367 g/mol. The van der Waals surface area contributed by atoms with E-state index in [-0.39, 0.29) is 18.2 Å². The van der Waals surface area contributed by atoms with Crippen molar-refractivity contribution in [3.63, 3.8) is 0 Å². The number of carbonyl (C=O) groups excluding carboxylic acids is 2. The first-order valence-corrected chi connectivity index (χ1v) is 9.07. The van der Waals surface area contributed by atoms with Crippen LogP contribution < -0.4 is 9.88 Å². The van der Waals surface area contributed by atoms with Gasteiger partial charge in [-0.25, -0.2) is 0 Å². The molecule has 4 nitrogen and oxygen atoms in total. The van der Waals surface area contributed by atoms with Crippen molar-refractivity contribution in [3.05, 3.63) is 108 Å². The molecule has 1 N–H and O–H groups in total. The molecule has 0 saturated carbocycles. The van der Waals surface area contributed by atoms with Gasteiger partial charge in [-0.1, -0.05) is 66.7 Å². The summed E-state index contributed by atoms with van der Waals surface area (Å²) in [6.45, 7) is 0.170. The fourth-order valence-corrected chi connectivity index (χ4v) is 3.16. The highest BCUT2D eigenvalue weighted by atomic mass is 16.2. The lowest BCUT2D eigenvalue weighted by Gasteiger charge is -2.07. The number of carbonyl (C=O) groups is 2. The zero-order chi connectivity index (χ0) is 19.3. The molecule has 0 spiro atoms. The van der Waals surface area contributed by atoms with Gasteiger partial charge in [-0.15, -0.1) is 0 Å². The molecule has 0 aliphatic carbocycles. The molecule has 0 atom stereocenters. The van der Waals surface area contributed by atoms with E-state index in [1.54, 1.807) is 41.2 Å². The Balaban J connectivity index is 1.45. The lowest BCUT2D eigenvalue weighted by atomic mass is 10.0. The average Bonchev–Trinajstić information content (AvgIpc) is 2.75. The van der Waals surface area contributed by atoms with E-state index >= 15 is 0 Å². The Morgan fingerprint density at radius 2 is 1.36 bits per heavy atom. The summed E-state index contributed by atoms with van der Waals surface area (Å²) in [5.74, 6) is -0.156. The first kappa shape index (κ1) is 17.6. The fourth-order valence-electron chi connectivity index (χ4n) is 3.16. The molecule has 0 bridgehead atoms. The SMILES string of the molecule is O=C(C[n+]1ccc(C(=O)c2ccccc2)cc1)Nc1cccc2ccccc12. The molecule has 0 aliphatic rings. The van der Waals surface area contributed by atoms with Crippen LogP contribution in [0, 0.1) is 0 Å². The first-order chi connectivity index (χ1) is 13.7. The third-order valence-electron chi connectivity index (χ3n) is 4.58. The predicted molar refractivity (Wildman–Crippen MR) is 109 cm³/mol. The molecule has 4 aromatic rings. The summed E-state index contributed by atoms with van der Waals surface area (Å²) in [6.07, 6.45) is 3.50. The molecule has 0 saturated heterocycles. The van der Waals surface area contributed by atoms with Crippen LogP contribution >= 0.6 is 0 Å². The van der Waals surface area contributed by atoms with E-state index in [0.717, 1.165) is 16.5 Å². The number of pyridine rings is 1. The minimum atomic E-state index is -0.122. The normalized spacial score (nSPS) is 10.6. The van der Waals surface area contributed by atoms with E-state index in [1.165, 1.54) is 0 Å². The number of hydrogen-bond donors (Lipinski definition) is 1. The van der Waals surface area contributed by atoms with Crippen molar-refractivity contribution in [1.29, 1.82) is 0 Å². The summed E-state index contributed by atoms with van der Waals surface area (Å²) < 4.78 is 1.75. The number of hydrogen-bond acceptors (Lipinski definition) is 2. The largest absolute Gasteiger partial charge is 0.320 e. The minimum absolute atomic E-state index is 0.0343. The zero-order valence-electron chi connectivity index (χ0n) is 15.2. The van der Waals surface area contributed by atoms with E-state index in [2.05, 4.69) is 5.32 Å². The van der Waals surface area contributed by atoms with Gasteiger partial charge in [0.25, 0.3) is 5.91 Å². The van der Waals surface area contributed by atoms with Crippen LogP contribution in [-0.2, 0) is 11.3 Å². The first-order valence-electron chi connectivity index (χ1n) is 9.07. The molecule has 1 heterocycles. The van der Waals surface area contributed by atoms with E-state index in [0.29, 0.717) is 11.1 Å². The Labute approximate surface area is 163 Å². The van der Waals surface area contributed by atoms with Gasteiger partial charge in [0, 0.05) is 34.3 Å². The fraction of sp³-hybridized carbons (Fsp3) is 0.0417. The van der Waals surface area contributed by atoms with Crippen LogP contribution in [0.15, 0.2) is 97.3 Å². The van der Waals surface area contributed by atoms with Crippen LogP contribution in [0.4, 0.5) is 5.69 Å². The monoisotopic (exact) mass is 367 g/mol. The maximum Gasteiger partial charge on any atom is 0.290 e. The molecule has 1 aromatic heterocycles. The highest BCUT2D eigenvalue weighted by Crippen LogP contribution is 2.22. The second kappa shape index (κ2) is 7.84. The van der Waals surface area contributed by atoms with Crippen molar-refractivity contribution in [2.24, 2.45) is 0 Å². The van der Waals surface area contributed by atoms with Gasteiger partial charge in [-0.2, -0.15) is 4.57 Å². The van der Waals surface area contributed by atoms with Gasteiger partial charge >= 0.3 is 0 Å². The topological polar surface area (TPSA) is 50.0 Å². The Morgan fingerprint density at radius 3 is 2.14 bits per heavy atom. The quantitative estimate of drug-likeness (QED) is 0.428. The zero-order valence-corrected chi connectivity index (χ0v) is 15.2. The molecular weight excluding hydrogens is 348 g/mol. The number of fused-ring (bicyclic) bond motifs is 1. The van der Waals surface area contributed by atoms with Crippen LogP contribution in [0.5, 0.6) is 0 Å². The molecular formula is C24H19N2O2+. The molecule has 4 rings (SSSR count). The van der Waals surface area contributed by atoms with Crippen LogP contribution in [0.3, 0.4) is 0 Å². The van der Waals surface area contributed by atoms with Crippen molar-refractivity contribution in [2.45, 2.75) is 6.54 Å². The molecule has 136 valence electrons. The van der Waals surface area contributed by atoms with Crippen molar-refractivity contribution in [2.75, 3.05) is 5.32 Å². The number of benzene rings is 3. The molecule has 1 amide bonds. The molecule has 3 aromatic carbocycles. The van der Waals surface area contributed by atoms with E-state index in [4.69, 9.17) is 0 Å². The maximum atomic E-state index is 12.5. The van der Waals surface area contributed by atoms with Gasteiger partial charge in [-0.3, -0.25) is 9.59 Å². The number of rotatable bonds is 5. The second-order valence-corrected chi connectivity index (χ2v) is 6.53. The Hall–Kier alpha value is -3.79. The van der Waals surface area contributed by atoms with Gasteiger partial charge in [0.1, 0.15) is 0 Å². The third kappa shape index (κ3) is 3.81. The summed E-state index contributed by atoms with van der Waals surface area (Å²) in [5, 5.41) is 5.06. The number of aromatic nitrogens is 1. The van der Waals surface area contributed by atoms with Crippen molar-refractivity contribution in [3.8, 4) is 0 Å². The standard InChI is InChI=1S/C24H18N2O2/c27-23(25-22-12-6-10-18-7-4-5-11-21(18)22)17-26-15-13-20(14-16-26)24(28)19-8-2-1-3-9-19/h1-16H,17H2/p+1. The minimum Gasteiger partial charge on any atom is -0.320 e. The molecule has 0 fully saturated rings. The molecule has 0 unspecified atom stereocenters. The van der Waals surface area contributed by atoms with Gasteiger partial charge < -0.3 is 5.32 Å². The number of nitrogens with zero attached hydrogens (tertiary/aromatic N) is 1. The van der Waals surface area contributed by atoms with Crippen molar-refractivity contribution < 1.29 is 14.2 Å². The highest BCUT2D eigenvalue weighted by Gasteiger charge is 2.14. The second-order valence-electron chi connectivity index (χ2n) is 6.53. The lowest BCUT2D eigenvalue weighted by Crippen LogP contribution is -2.39. The third-order valence-corrected chi connectivity index (χ3v) is 4.58. The van der Waals surface area contributed by atoms with E-state index in [1.807, 2.05) is 60.7 Å². The number of anilines is 1. The summed E-state index contributed by atoms with van der Waals surface area (Å²) in [5.41, 5.74) is 2.03. The van der Waals surface area contributed by atoms with Gasteiger partial charge in [-0.05, 0) is 11.5 Å². The van der Waals surface area contributed by atoms with Gasteiger partial charge in [0.15, 0.2) is 18.2 Å². The number of amides is 1. The van der Waals surface area contributed by atoms with E-state index < -0.39 is 0 Å². The van der Waals surface area contributed by atoms with Crippen LogP contribution in [0.25, 0.3) is 10.8 Å². The van der Waals surface area contributed by atoms with Crippen molar-refractivity contribution >= 4 is 28.2 Å². The molecule has 28 heavy (non-hydrogen) atoms. The summed E-state index contributed by atoms with van der Waals surface area (Å²) >= 11 is 0. The molecule has 0 radical (unpaired) electrons. The van der Waals surface area contributed by atoms with Crippen molar-refractivity contribution in [1.82, 2.24) is 0 Å². The summed E-state index contributed by atoms with van der Waals surface area (Å²) in [4.78, 5) is 24.9. The summed E-state index contributed by atoms with van der Waals surface area (Å²) in [7, 11) is 0. The Morgan fingerprint density at radius 1 is 0.714 bits per heavy atom. The van der Waals surface area contributed by atoms with Crippen LogP contribution in [0.2, 0.25) is 0 Å². The molecule has 4 heteroatoms. The highest BCUT2D eigenvalue weighted by molar-refractivity contribution is 6.08. The van der Waals surface area contributed by atoms with E-state index in [9.17, 15) is 9.59 Å². The Bertz CT molecular complexity index is 1130.